The molecule has 6 nitrogen and oxygen atoms in total. The van der Waals surface area contributed by atoms with Gasteiger partial charge in [0.25, 0.3) is 5.91 Å². The van der Waals surface area contributed by atoms with E-state index in [0.717, 1.165) is 5.82 Å². The van der Waals surface area contributed by atoms with Gasteiger partial charge in [-0.25, -0.2) is 9.97 Å². The average Bonchev–Trinajstić information content (AvgIpc) is 2.96. The highest BCUT2D eigenvalue weighted by atomic mass is 32.1. The Morgan fingerprint density at radius 3 is 2.72 bits per heavy atom. The Kier molecular flexibility index (Phi) is 3.71. The molecule has 1 N–H and O–H groups in total. The van der Waals surface area contributed by atoms with Crippen LogP contribution in [0.5, 0.6) is 0 Å². The molecular formula is C11H15N5OS. The van der Waals surface area contributed by atoms with E-state index in [1.54, 1.807) is 15.6 Å². The highest BCUT2D eigenvalue weighted by Gasteiger charge is 2.23. The lowest BCUT2D eigenvalue weighted by atomic mass is 10.0. The number of aromatic nitrogens is 4. The van der Waals surface area contributed by atoms with Crippen LogP contribution in [0.1, 0.15) is 36.2 Å². The second-order valence-corrected chi connectivity index (χ2v) is 5.03. The maximum Gasteiger partial charge on any atom is 0.271 e. The third kappa shape index (κ3) is 2.56. The second kappa shape index (κ2) is 5.26. The van der Waals surface area contributed by atoms with E-state index < -0.39 is 0 Å². The molecule has 0 spiro atoms. The summed E-state index contributed by atoms with van der Waals surface area (Å²) in [6, 6.07) is -0.174. The summed E-state index contributed by atoms with van der Waals surface area (Å²) >= 11 is 1.40. The van der Waals surface area contributed by atoms with E-state index in [0.29, 0.717) is 5.69 Å². The molecule has 2 aromatic rings. The van der Waals surface area contributed by atoms with Crippen molar-refractivity contribution < 1.29 is 4.79 Å². The Bertz CT molecular complexity index is 519. The first-order valence-electron chi connectivity index (χ1n) is 5.62. The minimum Gasteiger partial charge on any atom is -0.340 e. The zero-order valence-electron chi connectivity index (χ0n) is 10.5. The van der Waals surface area contributed by atoms with E-state index >= 15 is 0 Å². The summed E-state index contributed by atoms with van der Waals surface area (Å²) in [6.07, 6.45) is 1.49. The lowest BCUT2D eigenvalue weighted by Gasteiger charge is -2.20. The molecule has 0 aliphatic carbocycles. The molecule has 1 amide bonds. The molecule has 0 saturated carbocycles. The van der Waals surface area contributed by atoms with Gasteiger partial charge in [-0.1, -0.05) is 13.8 Å². The van der Waals surface area contributed by atoms with Crippen molar-refractivity contribution in [3.05, 3.63) is 28.7 Å². The highest BCUT2D eigenvalue weighted by molar-refractivity contribution is 7.07. The molecule has 1 atom stereocenters. The van der Waals surface area contributed by atoms with E-state index in [1.807, 2.05) is 20.9 Å². The third-order valence-corrected chi connectivity index (χ3v) is 3.23. The molecule has 0 aliphatic heterocycles. The minimum atomic E-state index is -0.182. The number of rotatable bonds is 4. The van der Waals surface area contributed by atoms with Crippen molar-refractivity contribution in [2.75, 3.05) is 0 Å². The lowest BCUT2D eigenvalue weighted by molar-refractivity contribution is 0.0917. The van der Waals surface area contributed by atoms with Crippen LogP contribution in [-0.2, 0) is 7.05 Å². The fourth-order valence-corrected chi connectivity index (χ4v) is 2.19. The van der Waals surface area contributed by atoms with Crippen LogP contribution in [0, 0.1) is 5.92 Å². The van der Waals surface area contributed by atoms with Crippen LogP contribution in [0.4, 0.5) is 0 Å². The van der Waals surface area contributed by atoms with Crippen LogP contribution in [0.2, 0.25) is 0 Å². The van der Waals surface area contributed by atoms with Gasteiger partial charge in [-0.15, -0.1) is 11.3 Å². The van der Waals surface area contributed by atoms with Gasteiger partial charge >= 0.3 is 0 Å². The topological polar surface area (TPSA) is 72.7 Å². The molecule has 0 fully saturated rings. The average molecular weight is 265 g/mol. The van der Waals surface area contributed by atoms with Gasteiger partial charge in [-0.3, -0.25) is 9.48 Å². The Labute approximate surface area is 109 Å². The molecule has 7 heteroatoms. The Morgan fingerprint density at radius 2 is 2.22 bits per heavy atom. The number of amides is 1. The summed E-state index contributed by atoms with van der Waals surface area (Å²) in [5.41, 5.74) is 2.08. The van der Waals surface area contributed by atoms with Crippen molar-refractivity contribution in [1.82, 2.24) is 25.1 Å². The SMILES string of the molecule is CC(C)[C@@H](NC(=O)c1cscn1)c1ncnn1C. The van der Waals surface area contributed by atoms with Crippen LogP contribution in [0.15, 0.2) is 17.2 Å². The van der Waals surface area contributed by atoms with Gasteiger partial charge < -0.3 is 5.32 Å². The van der Waals surface area contributed by atoms with E-state index in [4.69, 9.17) is 0 Å². The van der Waals surface area contributed by atoms with Gasteiger partial charge in [-0.05, 0) is 5.92 Å². The quantitative estimate of drug-likeness (QED) is 0.907. The molecule has 0 radical (unpaired) electrons. The predicted molar refractivity (Wildman–Crippen MR) is 68.2 cm³/mol. The number of hydrogen-bond donors (Lipinski definition) is 1. The third-order valence-electron chi connectivity index (χ3n) is 2.64. The minimum absolute atomic E-state index is 0.174. The molecule has 0 saturated heterocycles. The molecule has 2 aromatic heterocycles. The zero-order valence-corrected chi connectivity index (χ0v) is 11.3. The van der Waals surface area contributed by atoms with Gasteiger partial charge in [0.05, 0.1) is 11.6 Å². The Morgan fingerprint density at radius 1 is 1.44 bits per heavy atom. The number of aryl methyl sites for hydroxylation is 1. The highest BCUT2D eigenvalue weighted by Crippen LogP contribution is 2.19. The van der Waals surface area contributed by atoms with Crippen LogP contribution >= 0.6 is 11.3 Å². The standard InChI is InChI=1S/C11H15N5OS/c1-7(2)9(10-12-5-14-16(10)3)15-11(17)8-4-18-6-13-8/h4-7,9H,1-3H3,(H,15,17)/t9-/m1/s1. The summed E-state index contributed by atoms with van der Waals surface area (Å²) in [5, 5.41) is 8.70. The van der Waals surface area contributed by atoms with Gasteiger partial charge in [-0.2, -0.15) is 5.10 Å². The van der Waals surface area contributed by atoms with E-state index in [1.165, 1.54) is 17.7 Å². The summed E-state index contributed by atoms with van der Waals surface area (Å²) in [7, 11) is 1.81. The smallest absolute Gasteiger partial charge is 0.271 e. The zero-order chi connectivity index (χ0) is 13.1. The Balaban J connectivity index is 2.18. The molecule has 0 aromatic carbocycles. The summed E-state index contributed by atoms with van der Waals surface area (Å²) in [6.45, 7) is 4.06. The molecule has 2 rings (SSSR count). The van der Waals surface area contributed by atoms with Gasteiger partial charge in [0.15, 0.2) is 0 Å². The van der Waals surface area contributed by atoms with E-state index in [-0.39, 0.29) is 17.9 Å². The second-order valence-electron chi connectivity index (χ2n) is 4.31. The van der Waals surface area contributed by atoms with Crippen LogP contribution < -0.4 is 5.32 Å². The molecule has 96 valence electrons. The van der Waals surface area contributed by atoms with Crippen LogP contribution in [0.25, 0.3) is 0 Å². The summed E-state index contributed by atoms with van der Waals surface area (Å²) in [4.78, 5) is 20.2. The largest absolute Gasteiger partial charge is 0.340 e. The summed E-state index contributed by atoms with van der Waals surface area (Å²) in [5.74, 6) is 0.780. The number of carbonyl (C=O) groups excluding carboxylic acids is 1. The maximum absolute atomic E-state index is 12.0. The first-order chi connectivity index (χ1) is 8.59. The monoisotopic (exact) mass is 265 g/mol. The van der Waals surface area contributed by atoms with Gasteiger partial charge in [0, 0.05) is 12.4 Å². The van der Waals surface area contributed by atoms with Crippen molar-refractivity contribution >= 4 is 17.2 Å². The lowest BCUT2D eigenvalue weighted by Crippen LogP contribution is -2.33. The van der Waals surface area contributed by atoms with Crippen molar-refractivity contribution in [3.63, 3.8) is 0 Å². The van der Waals surface area contributed by atoms with Crippen LogP contribution in [0.3, 0.4) is 0 Å². The fraction of sp³-hybridized carbons (Fsp3) is 0.455. The fourth-order valence-electron chi connectivity index (χ4n) is 1.66. The van der Waals surface area contributed by atoms with Gasteiger partial charge in [0.1, 0.15) is 17.8 Å². The van der Waals surface area contributed by atoms with E-state index in [2.05, 4.69) is 20.4 Å². The van der Waals surface area contributed by atoms with E-state index in [9.17, 15) is 4.79 Å². The molecular weight excluding hydrogens is 250 g/mol. The van der Waals surface area contributed by atoms with Crippen molar-refractivity contribution in [2.24, 2.45) is 13.0 Å². The first kappa shape index (κ1) is 12.7. The van der Waals surface area contributed by atoms with Crippen LogP contribution in [-0.4, -0.2) is 25.7 Å². The molecule has 0 unspecified atom stereocenters. The normalized spacial score (nSPS) is 12.7. The number of nitrogens with one attached hydrogen (secondary N) is 1. The number of thiazole rings is 1. The maximum atomic E-state index is 12.0. The summed E-state index contributed by atoms with van der Waals surface area (Å²) < 4.78 is 1.67. The number of hydrogen-bond acceptors (Lipinski definition) is 5. The molecule has 18 heavy (non-hydrogen) atoms. The van der Waals surface area contributed by atoms with Crippen molar-refractivity contribution in [1.29, 1.82) is 0 Å². The Hall–Kier alpha value is -1.76. The van der Waals surface area contributed by atoms with Crippen molar-refractivity contribution in [3.8, 4) is 0 Å². The van der Waals surface area contributed by atoms with Crippen molar-refractivity contribution in [2.45, 2.75) is 19.9 Å². The first-order valence-corrected chi connectivity index (χ1v) is 6.57. The molecule has 0 aliphatic rings. The predicted octanol–water partition coefficient (Wildman–Crippen LogP) is 1.40. The molecule has 2 heterocycles. The van der Waals surface area contributed by atoms with Gasteiger partial charge in [0.2, 0.25) is 0 Å². The number of nitrogens with zero attached hydrogens (tertiary/aromatic N) is 4. The molecule has 0 bridgehead atoms. The number of carbonyl (C=O) groups is 1.